The molecule has 0 radical (unpaired) electrons. The molecule has 8 aromatic carbocycles. The van der Waals surface area contributed by atoms with Crippen molar-refractivity contribution in [2.45, 2.75) is 130 Å². The van der Waals surface area contributed by atoms with Crippen LogP contribution in [0.1, 0.15) is 125 Å². The van der Waals surface area contributed by atoms with E-state index in [1.54, 1.807) is 0 Å². The fourth-order valence-electron chi connectivity index (χ4n) is 14.8. The molecule has 4 nitrogen and oxygen atoms in total. The highest BCUT2D eigenvalue weighted by Gasteiger charge is 2.64. The maximum absolute atomic E-state index is 6.75. The molecule has 374 valence electrons. The molecule has 2 unspecified atom stereocenters. The van der Waals surface area contributed by atoms with Crippen LogP contribution in [0.25, 0.3) is 42.1 Å². The first-order valence-corrected chi connectivity index (χ1v) is 28.2. The molecular weight excluding hydrogens is 930 g/mol. The van der Waals surface area contributed by atoms with E-state index < -0.39 is 0 Å². The van der Waals surface area contributed by atoms with E-state index in [1.165, 1.54) is 98.6 Å². The van der Waals surface area contributed by atoms with E-state index in [0.29, 0.717) is 0 Å². The highest BCUT2D eigenvalue weighted by molar-refractivity contribution is 7.25. The molecule has 4 aliphatic rings. The Morgan fingerprint density at radius 2 is 1.04 bits per heavy atom. The molecule has 10 aromatic rings. The van der Waals surface area contributed by atoms with Gasteiger partial charge in [-0.15, -0.1) is 11.3 Å². The number of thiophene rings is 1. The standard InChI is InChI=1S/C69H68BN3OS/c1-64(2,3)41-25-30-52-49(33-41)68(12)39-67(10,11)40-69(68,13)73(52)45-36-56-63-57(37-45)72(55-21-18-23-59-62(55)48-20-14-16-22-58(48)74-59)54-32-27-43(66(7,8)9)35-51(54)70(63)50-34-42(65(4,5)6)26-31-53(50)71(56)44-28-29-47-46-19-15-17-24-60(46)75-61(47)38-44/h14-38H,39-40H2,1-13H3. The van der Waals surface area contributed by atoms with E-state index >= 15 is 0 Å². The third-order valence-corrected chi connectivity index (χ3v) is 19.5. The first kappa shape index (κ1) is 46.8. The number of anilines is 8. The molecule has 5 heterocycles. The first-order valence-electron chi connectivity index (χ1n) is 27.4. The van der Waals surface area contributed by atoms with Crippen molar-refractivity contribution in [1.29, 1.82) is 0 Å². The Bertz CT molecular complexity index is 4080. The molecule has 2 aromatic heterocycles. The van der Waals surface area contributed by atoms with Gasteiger partial charge in [0.2, 0.25) is 0 Å². The summed E-state index contributed by atoms with van der Waals surface area (Å²) in [5.74, 6) is 0. The van der Waals surface area contributed by atoms with Gasteiger partial charge in [-0.3, -0.25) is 0 Å². The minimum absolute atomic E-state index is 0.0175. The number of benzene rings is 8. The summed E-state index contributed by atoms with van der Waals surface area (Å²) in [4.78, 5) is 8.09. The van der Waals surface area contributed by atoms with Crippen molar-refractivity contribution in [2.24, 2.45) is 5.41 Å². The number of hydrogen-bond acceptors (Lipinski definition) is 5. The predicted molar refractivity (Wildman–Crippen MR) is 324 cm³/mol. The van der Waals surface area contributed by atoms with Crippen LogP contribution in [0, 0.1) is 5.41 Å². The summed E-state index contributed by atoms with van der Waals surface area (Å²) in [6.45, 7) is 31.4. The van der Waals surface area contributed by atoms with Gasteiger partial charge in [0.1, 0.15) is 11.2 Å². The lowest BCUT2D eigenvalue weighted by Gasteiger charge is -2.47. The van der Waals surface area contributed by atoms with Crippen LogP contribution in [0.2, 0.25) is 0 Å². The minimum atomic E-state index is -0.218. The summed E-state index contributed by atoms with van der Waals surface area (Å²) < 4.78 is 9.37. The number of fused-ring (bicyclic) bond motifs is 13. The van der Waals surface area contributed by atoms with Gasteiger partial charge in [0.05, 0.1) is 16.6 Å². The van der Waals surface area contributed by atoms with Crippen molar-refractivity contribution >= 4 is 122 Å². The first-order chi connectivity index (χ1) is 35.5. The van der Waals surface area contributed by atoms with Gasteiger partial charge in [0, 0.05) is 70.8 Å². The summed E-state index contributed by atoms with van der Waals surface area (Å²) in [6.07, 6.45) is 2.18. The quantitative estimate of drug-likeness (QED) is 0.165. The van der Waals surface area contributed by atoms with Gasteiger partial charge >= 0.3 is 0 Å². The van der Waals surface area contributed by atoms with E-state index in [0.717, 1.165) is 40.5 Å². The average molecular weight is 998 g/mol. The smallest absolute Gasteiger partial charge is 0.252 e. The number of furan rings is 1. The van der Waals surface area contributed by atoms with Gasteiger partial charge in [-0.1, -0.05) is 168 Å². The third kappa shape index (κ3) is 6.60. The Balaban J connectivity index is 1.14. The minimum Gasteiger partial charge on any atom is -0.456 e. The Morgan fingerprint density at radius 3 is 1.72 bits per heavy atom. The average Bonchev–Trinajstić information content (AvgIpc) is 4.03. The maximum atomic E-state index is 6.75. The van der Waals surface area contributed by atoms with E-state index in [1.807, 2.05) is 11.3 Å². The molecule has 3 aliphatic heterocycles. The molecule has 0 bridgehead atoms. The topological polar surface area (TPSA) is 22.9 Å². The molecule has 75 heavy (non-hydrogen) atoms. The van der Waals surface area contributed by atoms with Crippen LogP contribution in [-0.2, 0) is 21.7 Å². The van der Waals surface area contributed by atoms with E-state index in [-0.39, 0.29) is 39.3 Å². The third-order valence-electron chi connectivity index (χ3n) is 18.3. The maximum Gasteiger partial charge on any atom is 0.252 e. The Hall–Kier alpha value is -6.76. The molecule has 6 heteroatoms. The van der Waals surface area contributed by atoms with Crippen LogP contribution in [0.4, 0.5) is 45.5 Å². The van der Waals surface area contributed by atoms with Gasteiger partial charge in [-0.25, -0.2) is 0 Å². The molecule has 1 fully saturated rings. The second-order valence-electron chi connectivity index (χ2n) is 27.0. The van der Waals surface area contributed by atoms with Crippen LogP contribution < -0.4 is 31.1 Å². The fourth-order valence-corrected chi connectivity index (χ4v) is 15.9. The largest absolute Gasteiger partial charge is 0.456 e. The lowest BCUT2D eigenvalue weighted by molar-refractivity contribution is 0.330. The molecule has 1 aliphatic carbocycles. The Kier molecular flexibility index (Phi) is 9.49. The Labute approximate surface area is 448 Å². The van der Waals surface area contributed by atoms with Crippen molar-refractivity contribution in [2.75, 3.05) is 14.7 Å². The zero-order chi connectivity index (χ0) is 52.1. The summed E-state index contributed by atoms with van der Waals surface area (Å²) in [5.41, 5.74) is 20.8. The number of hydrogen-bond donors (Lipinski definition) is 0. The summed E-state index contributed by atoms with van der Waals surface area (Å²) in [7, 11) is 0. The van der Waals surface area contributed by atoms with Crippen LogP contribution in [0.15, 0.2) is 156 Å². The zero-order valence-electron chi connectivity index (χ0n) is 46.1. The van der Waals surface area contributed by atoms with Gasteiger partial charge in [-0.2, -0.15) is 0 Å². The second kappa shape index (κ2) is 15.2. The number of rotatable bonds is 3. The predicted octanol–water partition coefficient (Wildman–Crippen LogP) is 17.9. The van der Waals surface area contributed by atoms with Crippen molar-refractivity contribution in [3.8, 4) is 0 Å². The summed E-state index contributed by atoms with van der Waals surface area (Å²) >= 11 is 1.90. The SMILES string of the molecule is CC1(C)CC2(C)c3cc(C(C)(C)C)ccc3N(c3cc4c5c(c3)N(c3cccc6oc7ccccc7c36)c3ccc(C(C)(C)C)cc3B5c3cc(C(C)(C)C)ccc3N4c3ccc4c(c3)sc3ccccc34)C2(C)C1. The monoisotopic (exact) mass is 998 g/mol. The van der Waals surface area contributed by atoms with Gasteiger partial charge < -0.3 is 19.1 Å². The Morgan fingerprint density at radius 1 is 0.467 bits per heavy atom. The molecule has 0 amide bonds. The lowest BCUT2D eigenvalue weighted by Crippen LogP contribution is -2.62. The second-order valence-corrected chi connectivity index (χ2v) is 28.1. The van der Waals surface area contributed by atoms with E-state index in [4.69, 9.17) is 4.42 Å². The van der Waals surface area contributed by atoms with Crippen molar-refractivity contribution in [1.82, 2.24) is 0 Å². The van der Waals surface area contributed by atoms with Gasteiger partial charge in [-0.05, 0) is 147 Å². The number of nitrogens with zero attached hydrogens (tertiary/aromatic N) is 3. The molecule has 0 N–H and O–H groups in total. The molecule has 14 rings (SSSR count). The zero-order valence-corrected chi connectivity index (χ0v) is 46.9. The highest BCUT2D eigenvalue weighted by atomic mass is 32.1. The van der Waals surface area contributed by atoms with Crippen molar-refractivity contribution in [3.63, 3.8) is 0 Å². The van der Waals surface area contributed by atoms with Crippen LogP contribution in [0.5, 0.6) is 0 Å². The van der Waals surface area contributed by atoms with Crippen molar-refractivity contribution in [3.05, 3.63) is 174 Å². The summed E-state index contributed by atoms with van der Waals surface area (Å²) in [5, 5.41) is 4.88. The lowest BCUT2D eigenvalue weighted by atomic mass is 9.33. The fraction of sp³-hybridized carbons (Fsp3) is 0.304. The molecular formula is C69H68BN3OS. The van der Waals surface area contributed by atoms with Crippen molar-refractivity contribution < 1.29 is 4.42 Å². The van der Waals surface area contributed by atoms with Crippen LogP contribution >= 0.6 is 11.3 Å². The van der Waals surface area contributed by atoms with E-state index in [2.05, 4.69) is 256 Å². The molecule has 2 atom stereocenters. The van der Waals surface area contributed by atoms with E-state index in [9.17, 15) is 0 Å². The van der Waals surface area contributed by atoms with Crippen LogP contribution in [-0.4, -0.2) is 12.3 Å². The highest BCUT2D eigenvalue weighted by Crippen LogP contribution is 2.67. The molecule has 0 saturated heterocycles. The molecule has 1 saturated carbocycles. The normalized spacial score (nSPS) is 19.8. The van der Waals surface area contributed by atoms with Gasteiger partial charge in [0.15, 0.2) is 0 Å². The van der Waals surface area contributed by atoms with Gasteiger partial charge in [0.25, 0.3) is 6.71 Å². The number of para-hydroxylation sites is 1. The molecule has 0 spiro atoms. The van der Waals surface area contributed by atoms with Crippen LogP contribution in [0.3, 0.4) is 0 Å². The summed E-state index contributed by atoms with van der Waals surface area (Å²) in [6, 6.07) is 58.9.